The third-order valence-corrected chi connectivity index (χ3v) is 4.18. The molecule has 0 radical (unpaired) electrons. The number of nitrogens with zero attached hydrogens (tertiary/aromatic N) is 2. The highest BCUT2D eigenvalue weighted by Crippen LogP contribution is 2.31. The van der Waals surface area contributed by atoms with Crippen molar-refractivity contribution in [1.82, 2.24) is 10.3 Å². The molecule has 1 aliphatic rings. The molecule has 4 heteroatoms. The fourth-order valence-corrected chi connectivity index (χ4v) is 2.90. The van der Waals surface area contributed by atoms with Crippen molar-refractivity contribution in [2.45, 2.75) is 33.6 Å². The van der Waals surface area contributed by atoms with Crippen LogP contribution in [0.4, 0.5) is 5.69 Å². The minimum Gasteiger partial charge on any atom is -0.440 e. The lowest BCUT2D eigenvalue weighted by Gasteiger charge is -2.31. The van der Waals surface area contributed by atoms with Gasteiger partial charge in [-0.2, -0.15) is 0 Å². The molecule has 2 aromatic rings. The first-order valence-corrected chi connectivity index (χ1v) is 7.56. The Bertz CT molecular complexity index is 612. The minimum atomic E-state index is 0.863. The van der Waals surface area contributed by atoms with Crippen molar-refractivity contribution >= 4 is 16.8 Å². The summed E-state index contributed by atoms with van der Waals surface area (Å²) in [7, 11) is 0. The van der Waals surface area contributed by atoms with Crippen molar-refractivity contribution < 1.29 is 4.42 Å². The molecular formula is C16H23N3O. The first kappa shape index (κ1) is 13.4. The number of hydrogen-bond acceptors (Lipinski definition) is 4. The van der Waals surface area contributed by atoms with Crippen molar-refractivity contribution in [1.29, 1.82) is 0 Å². The SMILES string of the molecule is CCCc1nc2cc(N3CCNCC3)c(C)c(C)c2o1. The van der Waals surface area contributed by atoms with Crippen LogP contribution in [0.15, 0.2) is 10.5 Å². The molecule has 108 valence electrons. The summed E-state index contributed by atoms with van der Waals surface area (Å²) in [6, 6.07) is 2.20. The van der Waals surface area contributed by atoms with Gasteiger partial charge < -0.3 is 14.6 Å². The fourth-order valence-electron chi connectivity index (χ4n) is 2.90. The summed E-state index contributed by atoms with van der Waals surface area (Å²) in [5.74, 6) is 0.863. The molecule has 0 spiro atoms. The Morgan fingerprint density at radius 2 is 2.00 bits per heavy atom. The summed E-state index contributed by atoms with van der Waals surface area (Å²) in [4.78, 5) is 7.10. The molecule has 0 atom stereocenters. The number of oxazole rings is 1. The molecule has 1 fully saturated rings. The average molecular weight is 273 g/mol. The van der Waals surface area contributed by atoms with Gasteiger partial charge >= 0.3 is 0 Å². The van der Waals surface area contributed by atoms with E-state index in [1.165, 1.54) is 16.8 Å². The molecule has 0 unspecified atom stereocenters. The molecular weight excluding hydrogens is 250 g/mol. The van der Waals surface area contributed by atoms with E-state index in [0.717, 1.165) is 56.0 Å². The molecule has 1 aromatic carbocycles. The molecule has 2 heterocycles. The zero-order chi connectivity index (χ0) is 14.1. The van der Waals surface area contributed by atoms with Gasteiger partial charge in [0.1, 0.15) is 5.52 Å². The maximum atomic E-state index is 5.92. The number of nitrogens with one attached hydrogen (secondary N) is 1. The van der Waals surface area contributed by atoms with E-state index in [9.17, 15) is 0 Å². The van der Waals surface area contributed by atoms with E-state index in [0.29, 0.717) is 0 Å². The van der Waals surface area contributed by atoms with Gasteiger partial charge in [0.15, 0.2) is 11.5 Å². The molecule has 0 saturated carbocycles. The number of benzene rings is 1. The van der Waals surface area contributed by atoms with E-state index < -0.39 is 0 Å². The second kappa shape index (κ2) is 5.44. The molecule has 20 heavy (non-hydrogen) atoms. The van der Waals surface area contributed by atoms with Gasteiger partial charge in [-0.25, -0.2) is 4.98 Å². The summed E-state index contributed by atoms with van der Waals surface area (Å²) < 4.78 is 5.92. The highest BCUT2D eigenvalue weighted by molar-refractivity contribution is 5.83. The van der Waals surface area contributed by atoms with Gasteiger partial charge in [-0.15, -0.1) is 0 Å². The third-order valence-electron chi connectivity index (χ3n) is 4.18. The zero-order valence-electron chi connectivity index (χ0n) is 12.6. The van der Waals surface area contributed by atoms with Gasteiger partial charge in [-0.3, -0.25) is 0 Å². The third kappa shape index (κ3) is 2.29. The number of fused-ring (bicyclic) bond motifs is 1. The van der Waals surface area contributed by atoms with Gasteiger partial charge in [0, 0.05) is 38.3 Å². The topological polar surface area (TPSA) is 41.3 Å². The first-order valence-electron chi connectivity index (χ1n) is 7.56. The molecule has 1 aliphatic heterocycles. The first-order chi connectivity index (χ1) is 9.70. The van der Waals surface area contributed by atoms with E-state index >= 15 is 0 Å². The van der Waals surface area contributed by atoms with Crippen LogP contribution in [0.25, 0.3) is 11.1 Å². The maximum Gasteiger partial charge on any atom is 0.195 e. The molecule has 1 saturated heterocycles. The quantitative estimate of drug-likeness (QED) is 0.933. The normalized spacial score (nSPS) is 16.1. The molecule has 1 aromatic heterocycles. The Morgan fingerprint density at radius 3 is 2.70 bits per heavy atom. The smallest absolute Gasteiger partial charge is 0.195 e. The highest BCUT2D eigenvalue weighted by atomic mass is 16.3. The Labute approximate surface area is 120 Å². The zero-order valence-corrected chi connectivity index (χ0v) is 12.6. The molecule has 0 bridgehead atoms. The minimum absolute atomic E-state index is 0.863. The largest absolute Gasteiger partial charge is 0.440 e. The second-order valence-electron chi connectivity index (χ2n) is 5.59. The maximum absolute atomic E-state index is 5.92. The number of hydrogen-bond donors (Lipinski definition) is 1. The van der Waals surface area contributed by atoms with Crippen LogP contribution in [0.3, 0.4) is 0 Å². The predicted octanol–water partition coefficient (Wildman–Crippen LogP) is 2.81. The number of aryl methyl sites for hydroxylation is 2. The Balaban J connectivity index is 2.06. The molecule has 0 aliphatic carbocycles. The monoisotopic (exact) mass is 273 g/mol. The van der Waals surface area contributed by atoms with Crippen LogP contribution in [0.2, 0.25) is 0 Å². The van der Waals surface area contributed by atoms with Crippen LogP contribution in [-0.4, -0.2) is 31.2 Å². The van der Waals surface area contributed by atoms with E-state index in [2.05, 4.69) is 42.0 Å². The molecule has 1 N–H and O–H groups in total. The number of aromatic nitrogens is 1. The van der Waals surface area contributed by atoms with Gasteiger partial charge in [0.05, 0.1) is 0 Å². The van der Waals surface area contributed by atoms with Crippen molar-refractivity contribution in [2.75, 3.05) is 31.1 Å². The Hall–Kier alpha value is -1.55. The Morgan fingerprint density at radius 1 is 1.25 bits per heavy atom. The summed E-state index contributed by atoms with van der Waals surface area (Å²) in [5, 5.41) is 3.40. The van der Waals surface area contributed by atoms with Crippen LogP contribution in [0.5, 0.6) is 0 Å². The highest BCUT2D eigenvalue weighted by Gasteiger charge is 2.18. The van der Waals surface area contributed by atoms with Crippen LogP contribution >= 0.6 is 0 Å². The Kier molecular flexibility index (Phi) is 3.66. The van der Waals surface area contributed by atoms with E-state index in [1.54, 1.807) is 0 Å². The lowest BCUT2D eigenvalue weighted by Crippen LogP contribution is -2.43. The second-order valence-corrected chi connectivity index (χ2v) is 5.59. The number of anilines is 1. The van der Waals surface area contributed by atoms with Gasteiger partial charge in [0.2, 0.25) is 0 Å². The van der Waals surface area contributed by atoms with Gasteiger partial charge in [0.25, 0.3) is 0 Å². The van der Waals surface area contributed by atoms with Gasteiger partial charge in [-0.1, -0.05) is 6.92 Å². The van der Waals surface area contributed by atoms with Crippen LogP contribution in [-0.2, 0) is 6.42 Å². The number of rotatable bonds is 3. The lowest BCUT2D eigenvalue weighted by molar-refractivity contribution is 0.523. The summed E-state index contributed by atoms with van der Waals surface area (Å²) >= 11 is 0. The molecule has 0 amide bonds. The molecule has 4 nitrogen and oxygen atoms in total. The summed E-state index contributed by atoms with van der Waals surface area (Å²) in [6.07, 6.45) is 1.98. The van der Waals surface area contributed by atoms with Crippen molar-refractivity contribution in [2.24, 2.45) is 0 Å². The lowest BCUT2D eigenvalue weighted by atomic mass is 10.1. The van der Waals surface area contributed by atoms with Crippen LogP contribution in [0, 0.1) is 13.8 Å². The van der Waals surface area contributed by atoms with Crippen molar-refractivity contribution in [3.63, 3.8) is 0 Å². The molecule has 3 rings (SSSR count). The van der Waals surface area contributed by atoms with E-state index in [1.807, 2.05) is 0 Å². The van der Waals surface area contributed by atoms with Crippen LogP contribution < -0.4 is 10.2 Å². The predicted molar refractivity (Wildman–Crippen MR) is 82.6 cm³/mol. The van der Waals surface area contributed by atoms with Crippen molar-refractivity contribution in [3.8, 4) is 0 Å². The number of piperazine rings is 1. The van der Waals surface area contributed by atoms with E-state index in [-0.39, 0.29) is 0 Å². The summed E-state index contributed by atoms with van der Waals surface area (Å²) in [5.41, 5.74) is 5.83. The van der Waals surface area contributed by atoms with Crippen LogP contribution in [0.1, 0.15) is 30.4 Å². The summed E-state index contributed by atoms with van der Waals surface area (Å²) in [6.45, 7) is 10.7. The fraction of sp³-hybridized carbons (Fsp3) is 0.562. The van der Waals surface area contributed by atoms with Crippen molar-refractivity contribution in [3.05, 3.63) is 23.1 Å². The van der Waals surface area contributed by atoms with Gasteiger partial charge in [-0.05, 0) is 37.5 Å². The van der Waals surface area contributed by atoms with E-state index in [4.69, 9.17) is 4.42 Å². The standard InChI is InChI=1S/C16H23N3O/c1-4-5-15-18-13-10-14(19-8-6-17-7-9-19)11(2)12(3)16(13)20-15/h10,17H,4-9H2,1-3H3. The average Bonchev–Trinajstić information content (AvgIpc) is 2.87.